The van der Waals surface area contributed by atoms with Gasteiger partial charge in [0.2, 0.25) is 0 Å². The second kappa shape index (κ2) is 14.5. The smallest absolute Gasteiger partial charge is 0.311 e. The summed E-state index contributed by atoms with van der Waals surface area (Å²) in [6.45, 7) is 17.9. The van der Waals surface area contributed by atoms with Crippen molar-refractivity contribution in [2.45, 2.75) is 117 Å². The highest BCUT2D eigenvalue weighted by Crippen LogP contribution is 2.67. The Morgan fingerprint density at radius 2 is 1.31 bits per heavy atom. The Hall–Kier alpha value is -2.77. The van der Waals surface area contributed by atoms with Crippen LogP contribution >= 0.6 is 0 Å². The van der Waals surface area contributed by atoms with E-state index in [1.807, 2.05) is 39.0 Å². The average Bonchev–Trinajstić information content (AvgIpc) is 3.41. The van der Waals surface area contributed by atoms with Gasteiger partial charge in [0, 0.05) is 24.0 Å². The molecule has 0 bridgehead atoms. The lowest BCUT2D eigenvalue weighted by Gasteiger charge is -2.58. The summed E-state index contributed by atoms with van der Waals surface area (Å²) < 4.78 is 14.0. The molecule has 0 amide bonds. The van der Waals surface area contributed by atoms with Crippen LogP contribution in [0.1, 0.15) is 106 Å². The van der Waals surface area contributed by atoms with Gasteiger partial charge in [-0.15, -0.1) is 0 Å². The Morgan fingerprint density at radius 1 is 0.769 bits per heavy atom. The van der Waals surface area contributed by atoms with Gasteiger partial charge >= 0.3 is 5.97 Å². The summed E-state index contributed by atoms with van der Waals surface area (Å²) in [7, 11) is -2.80. The van der Waals surface area contributed by atoms with E-state index in [0.29, 0.717) is 13.0 Å². The summed E-state index contributed by atoms with van der Waals surface area (Å²) in [6, 6.07) is 31.9. The van der Waals surface area contributed by atoms with Crippen molar-refractivity contribution in [1.82, 2.24) is 0 Å². The highest BCUT2D eigenvalue weighted by molar-refractivity contribution is 6.99. The summed E-state index contributed by atoms with van der Waals surface area (Å²) in [5, 5.41) is 26.1. The third-order valence-corrected chi connectivity index (χ3v) is 19.3. The fourth-order valence-electron chi connectivity index (χ4n) is 11.1. The normalized spacial score (nSPS) is 32.6. The molecule has 3 fully saturated rings. The van der Waals surface area contributed by atoms with Gasteiger partial charge < -0.3 is 19.4 Å². The van der Waals surface area contributed by atoms with Crippen LogP contribution in [0.5, 0.6) is 0 Å². The van der Waals surface area contributed by atoms with Crippen LogP contribution in [0.4, 0.5) is 0 Å². The van der Waals surface area contributed by atoms with E-state index in [9.17, 15) is 15.0 Å². The molecule has 6 rings (SSSR count). The van der Waals surface area contributed by atoms with Crippen molar-refractivity contribution in [2.24, 2.45) is 39.9 Å². The maximum Gasteiger partial charge on any atom is 0.311 e. The molecule has 3 saturated carbocycles. The van der Waals surface area contributed by atoms with E-state index in [-0.39, 0.29) is 58.2 Å². The monoisotopic (exact) mass is 724 g/mol. The number of esters is 1. The fraction of sp³-hybridized carbons (Fsp3) is 0.587. The van der Waals surface area contributed by atoms with Gasteiger partial charge in [0.25, 0.3) is 8.32 Å². The molecule has 5 nitrogen and oxygen atoms in total. The predicted octanol–water partition coefficient (Wildman–Crippen LogP) is 8.65. The summed E-state index contributed by atoms with van der Waals surface area (Å²) in [5.74, 6) is 0.372. The molecule has 282 valence electrons. The van der Waals surface area contributed by atoms with Crippen molar-refractivity contribution in [3.05, 3.63) is 96.6 Å². The molecule has 3 aliphatic carbocycles. The van der Waals surface area contributed by atoms with Crippen molar-refractivity contribution in [1.29, 1.82) is 0 Å². The van der Waals surface area contributed by atoms with E-state index in [1.165, 1.54) is 10.4 Å². The SMILES string of the molecule is CC(C)(C)C(=O)OC[C@H]1C[C@@H](O[Si](c2ccccc2)(c2ccccc2)C(C)(C)C)CC[C@]1(C)[C@H]1CC[C@@]2(C)[C@@H](CC[C@@]2(O)c2ccccc2)[C@@H]1CO. The first-order valence-corrected chi connectivity index (χ1v) is 21.8. The molecule has 3 aromatic carbocycles. The molecule has 3 aromatic rings. The minimum atomic E-state index is -2.80. The molecule has 0 unspecified atom stereocenters. The van der Waals surface area contributed by atoms with Crippen LogP contribution in [-0.4, -0.2) is 43.8 Å². The lowest BCUT2D eigenvalue weighted by Crippen LogP contribution is -2.68. The molecule has 52 heavy (non-hydrogen) atoms. The molecule has 2 N–H and O–H groups in total. The number of benzene rings is 3. The number of aliphatic hydroxyl groups excluding tert-OH is 1. The number of rotatable bonds is 9. The second-order valence-electron chi connectivity index (χ2n) is 19.0. The highest BCUT2D eigenvalue weighted by Gasteiger charge is 2.64. The summed E-state index contributed by atoms with van der Waals surface area (Å²) in [5.41, 5.74) is -1.02. The zero-order valence-corrected chi connectivity index (χ0v) is 34.0. The number of hydrogen-bond acceptors (Lipinski definition) is 5. The Labute approximate surface area is 314 Å². The summed E-state index contributed by atoms with van der Waals surface area (Å²) >= 11 is 0. The van der Waals surface area contributed by atoms with Crippen molar-refractivity contribution < 1.29 is 24.2 Å². The maximum atomic E-state index is 13.3. The average molecular weight is 725 g/mol. The first-order chi connectivity index (χ1) is 24.5. The van der Waals surface area contributed by atoms with Crippen LogP contribution < -0.4 is 10.4 Å². The van der Waals surface area contributed by atoms with Crippen molar-refractivity contribution in [2.75, 3.05) is 13.2 Å². The predicted molar refractivity (Wildman–Crippen MR) is 213 cm³/mol. The van der Waals surface area contributed by atoms with Crippen LogP contribution in [0.15, 0.2) is 91.0 Å². The lowest BCUT2D eigenvalue weighted by atomic mass is 9.48. The van der Waals surface area contributed by atoms with Gasteiger partial charge in [-0.1, -0.05) is 126 Å². The zero-order chi connectivity index (χ0) is 37.6. The molecule has 0 spiro atoms. The van der Waals surface area contributed by atoms with Crippen molar-refractivity contribution in [3.8, 4) is 0 Å². The molecule has 0 heterocycles. The quantitative estimate of drug-likeness (QED) is 0.171. The van der Waals surface area contributed by atoms with Gasteiger partial charge in [0.15, 0.2) is 0 Å². The van der Waals surface area contributed by atoms with E-state index in [0.717, 1.165) is 44.1 Å². The van der Waals surface area contributed by atoms with Crippen LogP contribution in [-0.2, 0) is 19.6 Å². The Morgan fingerprint density at radius 3 is 1.83 bits per heavy atom. The van der Waals surface area contributed by atoms with E-state index in [2.05, 4.69) is 107 Å². The molecule has 0 aromatic heterocycles. The maximum absolute atomic E-state index is 13.3. The molecular formula is C46H64O5Si. The standard InChI is InChI=1S/C46H64O5Si/c1-42(2,3)41(48)50-32-34-30-35(51-52(43(4,5)6,36-20-14-10-15-21-36)37-22-16-11-17-23-37)24-27-44(34,7)39-25-28-45(8)40(38(39)31-47)26-29-46(45,49)33-18-12-9-13-19-33/h9-23,34-35,38-40,47,49H,24-32H2,1-8H3/t34-,35+,38-,39+,40+,44+,45+,46-/m1/s1. The van der Waals surface area contributed by atoms with E-state index in [4.69, 9.17) is 9.16 Å². The first-order valence-electron chi connectivity index (χ1n) is 19.9. The molecule has 0 saturated heterocycles. The van der Waals surface area contributed by atoms with Crippen LogP contribution in [0, 0.1) is 39.9 Å². The third kappa shape index (κ3) is 6.65. The molecule has 3 aliphatic rings. The van der Waals surface area contributed by atoms with E-state index < -0.39 is 19.3 Å². The van der Waals surface area contributed by atoms with Gasteiger partial charge in [-0.2, -0.15) is 0 Å². The second-order valence-corrected chi connectivity index (χ2v) is 23.3. The molecule has 6 heteroatoms. The van der Waals surface area contributed by atoms with Gasteiger partial charge in [0.1, 0.15) is 0 Å². The molecule has 0 aliphatic heterocycles. The van der Waals surface area contributed by atoms with Crippen molar-refractivity contribution >= 4 is 24.7 Å². The number of fused-ring (bicyclic) bond motifs is 1. The minimum absolute atomic E-state index is 0.00574. The Kier molecular flexibility index (Phi) is 10.8. The number of hydrogen-bond donors (Lipinski definition) is 2. The van der Waals surface area contributed by atoms with Gasteiger partial charge in [-0.25, -0.2) is 0 Å². The van der Waals surface area contributed by atoms with Crippen LogP contribution in [0.2, 0.25) is 5.04 Å². The topological polar surface area (TPSA) is 76.0 Å². The van der Waals surface area contributed by atoms with Crippen molar-refractivity contribution in [3.63, 3.8) is 0 Å². The lowest BCUT2D eigenvalue weighted by molar-refractivity contribution is -0.167. The van der Waals surface area contributed by atoms with E-state index in [1.54, 1.807) is 0 Å². The molecular weight excluding hydrogens is 661 g/mol. The van der Waals surface area contributed by atoms with Gasteiger partial charge in [-0.3, -0.25) is 4.79 Å². The highest BCUT2D eigenvalue weighted by atomic mass is 28.4. The zero-order valence-electron chi connectivity index (χ0n) is 33.0. The van der Waals surface area contributed by atoms with Gasteiger partial charge in [0.05, 0.1) is 17.6 Å². The number of carbonyl (C=O) groups excluding carboxylic acids is 1. The first kappa shape index (κ1) is 38.9. The van der Waals surface area contributed by atoms with E-state index >= 15 is 0 Å². The molecule has 0 radical (unpaired) electrons. The third-order valence-electron chi connectivity index (χ3n) is 14.2. The largest absolute Gasteiger partial charge is 0.465 e. The molecule has 8 atom stereocenters. The minimum Gasteiger partial charge on any atom is -0.465 e. The number of carbonyl (C=O) groups is 1. The Bertz CT molecular complexity index is 1610. The van der Waals surface area contributed by atoms with Gasteiger partial charge in [-0.05, 0) is 110 Å². The number of aliphatic hydroxyl groups is 2. The number of ether oxygens (including phenoxy) is 1. The van der Waals surface area contributed by atoms with Crippen LogP contribution in [0.3, 0.4) is 0 Å². The fourth-order valence-corrected chi connectivity index (χ4v) is 15.9. The Balaban J connectivity index is 1.35. The summed E-state index contributed by atoms with van der Waals surface area (Å²) in [4.78, 5) is 13.3. The summed E-state index contributed by atoms with van der Waals surface area (Å²) in [6.07, 6.45) is 6.06. The van der Waals surface area contributed by atoms with Crippen LogP contribution in [0.25, 0.3) is 0 Å².